The minimum atomic E-state index is -0.840. The molecule has 1 amide bonds. The van der Waals surface area contributed by atoms with E-state index in [1.165, 1.54) is 7.11 Å². The highest BCUT2D eigenvalue weighted by Crippen LogP contribution is 2.34. The van der Waals surface area contributed by atoms with Crippen LogP contribution in [0.3, 0.4) is 0 Å². The number of benzene rings is 2. The third kappa shape index (κ3) is 6.41. The Morgan fingerprint density at radius 3 is 2.37 bits per heavy atom. The van der Waals surface area contributed by atoms with Gasteiger partial charge in [0.1, 0.15) is 22.8 Å². The molecule has 1 atom stereocenters. The summed E-state index contributed by atoms with van der Waals surface area (Å²) in [7, 11) is 1.52. The molecule has 3 rings (SSSR count). The third-order valence-electron chi connectivity index (χ3n) is 5.53. The van der Waals surface area contributed by atoms with E-state index in [-0.39, 0.29) is 35.8 Å². The monoisotopic (exact) mass is 480 g/mol. The number of methoxy groups -OCH3 is 1. The molecule has 9 nitrogen and oxygen atoms in total. The van der Waals surface area contributed by atoms with Crippen LogP contribution >= 0.6 is 0 Å². The van der Waals surface area contributed by atoms with Crippen LogP contribution < -0.4 is 15.6 Å². The lowest BCUT2D eigenvalue weighted by atomic mass is 9.87. The average Bonchev–Trinajstić information content (AvgIpc) is 2.85. The van der Waals surface area contributed by atoms with Crippen LogP contribution in [0.1, 0.15) is 46.3 Å². The summed E-state index contributed by atoms with van der Waals surface area (Å²) in [5, 5.41) is 23.1. The van der Waals surface area contributed by atoms with Gasteiger partial charge >= 0.3 is 5.97 Å². The highest BCUT2D eigenvalue weighted by molar-refractivity contribution is 5.92. The number of phenols is 1. The van der Waals surface area contributed by atoms with E-state index in [0.29, 0.717) is 24.3 Å². The van der Waals surface area contributed by atoms with Gasteiger partial charge in [-0.1, -0.05) is 24.3 Å². The number of hydrogen-bond donors (Lipinski definition) is 4. The maximum absolute atomic E-state index is 12.9. The van der Waals surface area contributed by atoms with Crippen molar-refractivity contribution in [3.63, 3.8) is 0 Å². The van der Waals surface area contributed by atoms with Crippen LogP contribution in [-0.4, -0.2) is 47.3 Å². The predicted molar refractivity (Wildman–Crippen MR) is 129 cm³/mol. The average molecular weight is 481 g/mol. The highest BCUT2D eigenvalue weighted by Gasteiger charge is 2.28. The van der Waals surface area contributed by atoms with Gasteiger partial charge in [-0.2, -0.15) is 0 Å². The Morgan fingerprint density at radius 1 is 1.06 bits per heavy atom. The normalized spacial score (nSPS) is 11.5. The Morgan fingerprint density at radius 2 is 1.74 bits per heavy atom. The van der Waals surface area contributed by atoms with E-state index in [9.17, 15) is 24.6 Å². The van der Waals surface area contributed by atoms with Crippen LogP contribution in [0.5, 0.6) is 17.2 Å². The maximum Gasteiger partial charge on any atom is 0.343 e. The van der Waals surface area contributed by atoms with Gasteiger partial charge in [-0.05, 0) is 48.7 Å². The molecule has 0 saturated carbocycles. The van der Waals surface area contributed by atoms with Crippen LogP contribution in [0.25, 0.3) is 0 Å². The molecule has 2 aromatic carbocycles. The Labute approximate surface area is 202 Å². The van der Waals surface area contributed by atoms with Crippen molar-refractivity contribution in [3.05, 3.63) is 87.3 Å². The molecule has 0 spiro atoms. The molecule has 0 aliphatic rings. The molecule has 0 bridgehead atoms. The number of pyridine rings is 1. The maximum atomic E-state index is 12.9. The van der Waals surface area contributed by atoms with Crippen molar-refractivity contribution in [2.24, 2.45) is 0 Å². The number of phenolic OH excluding ortho intramolecular Hbond substituents is 1. The number of hydrogen-bond acceptors (Lipinski definition) is 7. The van der Waals surface area contributed by atoms with Gasteiger partial charge in [-0.15, -0.1) is 0 Å². The summed E-state index contributed by atoms with van der Waals surface area (Å²) >= 11 is 0. The first-order chi connectivity index (χ1) is 16.8. The first kappa shape index (κ1) is 25.4. The SMILES string of the molecule is CCOC(=O)c1c[nH]c(=O)c([C@@H](CC(=O)NCCc2ccc(O)cc2)c2ccc(OC)cc2)c1O. The van der Waals surface area contributed by atoms with Gasteiger partial charge in [0.15, 0.2) is 0 Å². The molecule has 1 heterocycles. The number of nitrogens with one attached hydrogen (secondary N) is 2. The Kier molecular flexibility index (Phi) is 8.50. The number of aromatic hydroxyl groups is 2. The first-order valence-corrected chi connectivity index (χ1v) is 11.1. The number of carbonyl (C=O) groups is 2. The molecular formula is C26H28N2O7. The fourth-order valence-corrected chi connectivity index (χ4v) is 3.71. The van der Waals surface area contributed by atoms with Crippen LogP contribution in [0, 0.1) is 0 Å². The number of H-pyrrole nitrogens is 1. The summed E-state index contributed by atoms with van der Waals surface area (Å²) < 4.78 is 10.2. The van der Waals surface area contributed by atoms with E-state index < -0.39 is 23.2 Å². The molecule has 9 heteroatoms. The van der Waals surface area contributed by atoms with E-state index in [4.69, 9.17) is 9.47 Å². The quantitative estimate of drug-likeness (QED) is 0.327. The summed E-state index contributed by atoms with van der Waals surface area (Å²) in [4.78, 5) is 40.4. The van der Waals surface area contributed by atoms with Crippen LogP contribution in [-0.2, 0) is 16.0 Å². The fraction of sp³-hybridized carbons (Fsp3) is 0.269. The third-order valence-corrected chi connectivity index (χ3v) is 5.53. The van der Waals surface area contributed by atoms with E-state index in [0.717, 1.165) is 11.8 Å². The number of amides is 1. The second-order valence-electron chi connectivity index (χ2n) is 7.81. The lowest BCUT2D eigenvalue weighted by molar-refractivity contribution is -0.121. The first-order valence-electron chi connectivity index (χ1n) is 11.1. The minimum Gasteiger partial charge on any atom is -0.508 e. The molecular weight excluding hydrogens is 452 g/mol. The van der Waals surface area contributed by atoms with Crippen molar-refractivity contribution in [3.8, 4) is 17.2 Å². The zero-order valence-electron chi connectivity index (χ0n) is 19.5. The molecule has 35 heavy (non-hydrogen) atoms. The molecule has 0 unspecified atom stereocenters. The highest BCUT2D eigenvalue weighted by atomic mass is 16.5. The van der Waals surface area contributed by atoms with Gasteiger partial charge in [0.25, 0.3) is 5.56 Å². The summed E-state index contributed by atoms with van der Waals surface area (Å²) in [6.45, 7) is 2.06. The second kappa shape index (κ2) is 11.7. The molecule has 1 aromatic heterocycles. The van der Waals surface area contributed by atoms with Crippen LogP contribution in [0.15, 0.2) is 59.5 Å². The number of carbonyl (C=O) groups excluding carboxylic acids is 2. The molecule has 0 aliphatic heterocycles. The van der Waals surface area contributed by atoms with E-state index in [1.807, 2.05) is 0 Å². The van der Waals surface area contributed by atoms with Gasteiger partial charge in [-0.25, -0.2) is 4.79 Å². The fourth-order valence-electron chi connectivity index (χ4n) is 3.71. The van der Waals surface area contributed by atoms with Crippen LogP contribution in [0.4, 0.5) is 0 Å². The Bertz CT molecular complexity index is 1220. The summed E-state index contributed by atoms with van der Waals surface area (Å²) in [6, 6.07) is 13.4. The summed E-state index contributed by atoms with van der Waals surface area (Å²) in [5.41, 5.74) is 0.614. The van der Waals surface area contributed by atoms with E-state index in [2.05, 4.69) is 10.3 Å². The van der Waals surface area contributed by atoms with E-state index >= 15 is 0 Å². The van der Waals surface area contributed by atoms with Gasteiger partial charge in [0.05, 0.1) is 19.3 Å². The zero-order chi connectivity index (χ0) is 25.4. The standard InChI is InChI=1S/C26H28N2O7/c1-3-35-26(33)21-15-28-25(32)23(24(21)31)20(17-6-10-19(34-2)11-7-17)14-22(30)27-13-12-16-4-8-18(29)9-5-16/h4-11,15,20,29H,3,12-14H2,1-2H3,(H,27,30)(H2,28,31,32)/t20-/m0/s1. The molecule has 0 aliphatic carbocycles. The molecule has 0 radical (unpaired) electrons. The van der Waals surface area contributed by atoms with Gasteiger partial charge < -0.3 is 30.0 Å². The lowest BCUT2D eigenvalue weighted by Gasteiger charge is -2.19. The zero-order valence-corrected chi connectivity index (χ0v) is 19.5. The topological polar surface area (TPSA) is 138 Å². The number of aromatic nitrogens is 1. The van der Waals surface area contributed by atoms with E-state index in [1.54, 1.807) is 55.5 Å². The number of esters is 1. The smallest absolute Gasteiger partial charge is 0.343 e. The van der Waals surface area contributed by atoms with Crippen molar-refractivity contribution in [2.75, 3.05) is 20.3 Å². The van der Waals surface area contributed by atoms with Crippen LogP contribution in [0.2, 0.25) is 0 Å². The predicted octanol–water partition coefficient (Wildman–Crippen LogP) is 2.85. The van der Waals surface area contributed by atoms with Crippen molar-refractivity contribution in [1.82, 2.24) is 10.3 Å². The van der Waals surface area contributed by atoms with Crippen molar-refractivity contribution >= 4 is 11.9 Å². The van der Waals surface area contributed by atoms with Crippen molar-refractivity contribution in [1.29, 1.82) is 0 Å². The van der Waals surface area contributed by atoms with Gasteiger partial charge in [0.2, 0.25) is 5.91 Å². The number of aromatic amines is 1. The second-order valence-corrected chi connectivity index (χ2v) is 7.81. The Balaban J connectivity index is 1.88. The molecule has 4 N–H and O–H groups in total. The number of ether oxygens (including phenoxy) is 2. The molecule has 0 fully saturated rings. The molecule has 0 saturated heterocycles. The molecule has 3 aromatic rings. The number of rotatable bonds is 10. The summed E-state index contributed by atoms with van der Waals surface area (Å²) in [5.74, 6) is -1.74. The Hall–Kier alpha value is -4.27. The van der Waals surface area contributed by atoms with Gasteiger partial charge in [0, 0.05) is 25.1 Å². The lowest BCUT2D eigenvalue weighted by Crippen LogP contribution is -2.29. The molecule has 184 valence electrons. The van der Waals surface area contributed by atoms with Gasteiger partial charge in [-0.3, -0.25) is 9.59 Å². The van der Waals surface area contributed by atoms with Crippen molar-refractivity contribution in [2.45, 2.75) is 25.7 Å². The summed E-state index contributed by atoms with van der Waals surface area (Å²) in [6.07, 6.45) is 1.50. The van der Waals surface area contributed by atoms with Crippen molar-refractivity contribution < 1.29 is 29.3 Å². The minimum absolute atomic E-state index is 0.0953. The largest absolute Gasteiger partial charge is 0.508 e.